The quantitative estimate of drug-likeness (QED) is 0.639. The van der Waals surface area contributed by atoms with E-state index in [-0.39, 0.29) is 11.6 Å². The van der Waals surface area contributed by atoms with Crippen LogP contribution in [0.1, 0.15) is 17.3 Å². The van der Waals surface area contributed by atoms with Gasteiger partial charge in [-0.15, -0.1) is 0 Å². The summed E-state index contributed by atoms with van der Waals surface area (Å²) in [5.41, 5.74) is 0.649. The normalized spacial score (nSPS) is 9.82. The number of hydrogen-bond donors (Lipinski definition) is 1. The lowest BCUT2D eigenvalue weighted by atomic mass is 10.1. The van der Waals surface area contributed by atoms with Crippen LogP contribution in [0.25, 0.3) is 0 Å². The van der Waals surface area contributed by atoms with Crippen LogP contribution in [-0.2, 0) is 0 Å². The van der Waals surface area contributed by atoms with Crippen molar-refractivity contribution < 1.29 is 9.72 Å². The third-order valence-electron chi connectivity index (χ3n) is 2.21. The lowest BCUT2D eigenvalue weighted by molar-refractivity contribution is -0.384. The van der Waals surface area contributed by atoms with E-state index in [2.05, 4.69) is 5.32 Å². The van der Waals surface area contributed by atoms with Crippen molar-refractivity contribution in [2.45, 2.75) is 6.92 Å². The molecule has 17 heavy (non-hydrogen) atoms. The lowest BCUT2D eigenvalue weighted by Gasteiger charge is -2.11. The van der Waals surface area contributed by atoms with E-state index in [1.54, 1.807) is 26.2 Å². The number of carbonyl (C=O) groups is 1. The molecule has 0 aliphatic carbocycles. The van der Waals surface area contributed by atoms with Crippen LogP contribution in [-0.4, -0.2) is 36.4 Å². The van der Waals surface area contributed by atoms with Gasteiger partial charge in [0.15, 0.2) is 0 Å². The highest BCUT2D eigenvalue weighted by Gasteiger charge is 2.17. The molecule has 0 unspecified atom stereocenters. The summed E-state index contributed by atoms with van der Waals surface area (Å²) in [5.74, 6) is -0.254. The molecule has 0 fully saturated rings. The first-order valence-corrected chi connectivity index (χ1v) is 5.21. The number of nitrogens with one attached hydrogen (secondary N) is 1. The second-order valence-electron chi connectivity index (χ2n) is 3.72. The fourth-order valence-electron chi connectivity index (χ4n) is 1.41. The molecule has 0 saturated heterocycles. The molecule has 0 aromatic heterocycles. The maximum Gasteiger partial charge on any atom is 0.293 e. The van der Waals surface area contributed by atoms with Crippen molar-refractivity contribution in [2.75, 3.05) is 26.0 Å². The maximum absolute atomic E-state index is 11.7. The van der Waals surface area contributed by atoms with Crippen LogP contribution in [0.4, 0.5) is 11.4 Å². The second kappa shape index (κ2) is 5.29. The zero-order valence-corrected chi connectivity index (χ0v) is 10.1. The van der Waals surface area contributed by atoms with Crippen molar-refractivity contribution in [3.05, 3.63) is 33.9 Å². The van der Waals surface area contributed by atoms with E-state index in [0.717, 1.165) is 0 Å². The highest BCUT2D eigenvalue weighted by molar-refractivity contribution is 5.95. The number of nitrogens with zero attached hydrogens (tertiary/aromatic N) is 2. The number of amides is 1. The summed E-state index contributed by atoms with van der Waals surface area (Å²) in [4.78, 5) is 23.4. The number of carbonyl (C=O) groups excluding carboxylic acids is 1. The summed E-state index contributed by atoms with van der Waals surface area (Å²) in [6, 6.07) is 4.42. The second-order valence-corrected chi connectivity index (χ2v) is 3.72. The molecule has 0 spiro atoms. The Morgan fingerprint density at radius 1 is 1.47 bits per heavy atom. The van der Waals surface area contributed by atoms with E-state index in [1.807, 2.05) is 6.92 Å². The van der Waals surface area contributed by atoms with Gasteiger partial charge < -0.3 is 10.2 Å². The molecule has 1 rings (SSSR count). The molecule has 1 aromatic carbocycles. The van der Waals surface area contributed by atoms with Gasteiger partial charge in [-0.05, 0) is 19.1 Å². The number of nitro groups is 1. The minimum atomic E-state index is -0.496. The summed E-state index contributed by atoms with van der Waals surface area (Å²) in [5, 5.41) is 13.8. The lowest BCUT2D eigenvalue weighted by Crippen LogP contribution is -2.21. The average Bonchev–Trinajstić information content (AvgIpc) is 2.28. The minimum absolute atomic E-state index is 0.0837. The molecule has 0 heterocycles. The van der Waals surface area contributed by atoms with Crippen LogP contribution in [0.15, 0.2) is 18.2 Å². The highest BCUT2D eigenvalue weighted by Crippen LogP contribution is 2.25. The largest absolute Gasteiger partial charge is 0.380 e. The van der Waals surface area contributed by atoms with Crippen molar-refractivity contribution in [3.63, 3.8) is 0 Å². The van der Waals surface area contributed by atoms with Crippen molar-refractivity contribution in [1.82, 2.24) is 4.90 Å². The molecule has 0 aliphatic heterocycles. The van der Waals surface area contributed by atoms with Gasteiger partial charge in [0.05, 0.1) is 4.92 Å². The van der Waals surface area contributed by atoms with Gasteiger partial charge in [0.2, 0.25) is 0 Å². The van der Waals surface area contributed by atoms with Crippen LogP contribution >= 0.6 is 0 Å². The Morgan fingerprint density at radius 2 is 2.12 bits per heavy atom. The van der Waals surface area contributed by atoms with Gasteiger partial charge in [-0.1, -0.05) is 0 Å². The van der Waals surface area contributed by atoms with Crippen LogP contribution in [0.3, 0.4) is 0 Å². The highest BCUT2D eigenvalue weighted by atomic mass is 16.6. The topological polar surface area (TPSA) is 75.5 Å². The fraction of sp³-hybridized carbons (Fsp3) is 0.364. The number of rotatable bonds is 4. The van der Waals surface area contributed by atoms with E-state index in [0.29, 0.717) is 17.8 Å². The van der Waals surface area contributed by atoms with Crippen molar-refractivity contribution in [3.8, 4) is 0 Å². The van der Waals surface area contributed by atoms with E-state index in [4.69, 9.17) is 0 Å². The van der Waals surface area contributed by atoms with Crippen molar-refractivity contribution >= 4 is 17.3 Å². The van der Waals surface area contributed by atoms with Crippen LogP contribution in [0, 0.1) is 10.1 Å². The van der Waals surface area contributed by atoms with Crippen LogP contribution < -0.4 is 5.32 Å². The summed E-state index contributed by atoms with van der Waals surface area (Å²) in [6.07, 6.45) is 0. The molecule has 1 aromatic rings. The Hall–Kier alpha value is -2.11. The summed E-state index contributed by atoms with van der Waals surface area (Å²) < 4.78 is 0. The summed E-state index contributed by atoms with van der Waals surface area (Å²) >= 11 is 0. The predicted octanol–water partition coefficient (Wildman–Crippen LogP) is 1.73. The number of benzene rings is 1. The molecule has 0 bridgehead atoms. The molecule has 0 atom stereocenters. The smallest absolute Gasteiger partial charge is 0.293 e. The number of anilines is 1. The first kappa shape index (κ1) is 13.0. The minimum Gasteiger partial charge on any atom is -0.380 e. The Morgan fingerprint density at radius 3 is 2.59 bits per heavy atom. The average molecular weight is 237 g/mol. The summed E-state index contributed by atoms with van der Waals surface area (Å²) in [7, 11) is 3.21. The Balaban J connectivity index is 3.18. The van der Waals surface area contributed by atoms with E-state index in [9.17, 15) is 14.9 Å². The molecule has 92 valence electrons. The van der Waals surface area contributed by atoms with Crippen LogP contribution in [0.2, 0.25) is 0 Å². The van der Waals surface area contributed by atoms with Gasteiger partial charge in [-0.3, -0.25) is 14.9 Å². The molecule has 0 radical (unpaired) electrons. The van der Waals surface area contributed by atoms with Crippen molar-refractivity contribution in [1.29, 1.82) is 0 Å². The maximum atomic E-state index is 11.7. The molecule has 1 amide bonds. The predicted molar refractivity (Wildman–Crippen MR) is 65.3 cm³/mol. The first-order chi connectivity index (χ1) is 7.97. The molecule has 0 aliphatic rings. The third-order valence-corrected chi connectivity index (χ3v) is 2.21. The van der Waals surface area contributed by atoms with Gasteiger partial charge in [-0.25, -0.2) is 0 Å². The zero-order chi connectivity index (χ0) is 13.0. The van der Waals surface area contributed by atoms with E-state index < -0.39 is 4.92 Å². The molecule has 0 saturated carbocycles. The standard InChI is InChI=1S/C11H15N3O3/c1-4-12-9-6-5-8(11(15)13(2)3)7-10(9)14(16)17/h5-7,12H,4H2,1-3H3. The van der Waals surface area contributed by atoms with Crippen LogP contribution in [0.5, 0.6) is 0 Å². The SMILES string of the molecule is CCNc1ccc(C(=O)N(C)C)cc1[N+](=O)[O-]. The first-order valence-electron chi connectivity index (χ1n) is 5.21. The Kier molecular flexibility index (Phi) is 4.03. The van der Waals surface area contributed by atoms with Crippen molar-refractivity contribution in [2.24, 2.45) is 0 Å². The summed E-state index contributed by atoms with van der Waals surface area (Å²) in [6.45, 7) is 2.43. The van der Waals surface area contributed by atoms with E-state index >= 15 is 0 Å². The molecule has 6 heteroatoms. The molecule has 6 nitrogen and oxygen atoms in total. The Bertz CT molecular complexity index is 444. The molecule has 1 N–H and O–H groups in total. The molecular weight excluding hydrogens is 222 g/mol. The zero-order valence-electron chi connectivity index (χ0n) is 10.1. The fourth-order valence-corrected chi connectivity index (χ4v) is 1.41. The number of nitro benzene ring substituents is 1. The number of hydrogen-bond acceptors (Lipinski definition) is 4. The van der Waals surface area contributed by atoms with Gasteiger partial charge in [0, 0.05) is 32.3 Å². The van der Waals surface area contributed by atoms with Gasteiger partial charge >= 0.3 is 0 Å². The third kappa shape index (κ3) is 2.93. The van der Waals surface area contributed by atoms with Gasteiger partial charge in [0.1, 0.15) is 5.69 Å². The molecular formula is C11H15N3O3. The monoisotopic (exact) mass is 237 g/mol. The Labute approximate surface area is 99.4 Å². The van der Waals surface area contributed by atoms with Gasteiger partial charge in [-0.2, -0.15) is 0 Å². The van der Waals surface area contributed by atoms with E-state index in [1.165, 1.54) is 11.0 Å². The van der Waals surface area contributed by atoms with Gasteiger partial charge in [0.25, 0.3) is 11.6 Å².